The van der Waals surface area contributed by atoms with E-state index in [-0.39, 0.29) is 355 Å². The molecule has 0 aromatic rings. The summed E-state index contributed by atoms with van der Waals surface area (Å²) in [4.78, 5) is 52.2. The van der Waals surface area contributed by atoms with Crippen LogP contribution in [-0.4, -0.2) is 31.8 Å². The third-order valence-corrected chi connectivity index (χ3v) is 0. The van der Waals surface area contributed by atoms with Crippen LogP contribution >= 0.6 is 0 Å². The van der Waals surface area contributed by atoms with Crippen molar-refractivity contribution in [3.05, 3.63) is 0 Å². The Balaban J connectivity index is -0.00000000633. The zero-order valence-corrected chi connectivity index (χ0v) is 51.2. The summed E-state index contributed by atoms with van der Waals surface area (Å²) in [6.07, 6.45) is 0. The van der Waals surface area contributed by atoms with Crippen LogP contribution in [0, 0.1) is 0 Å². The Morgan fingerprint density at radius 2 is 0.250 bits per heavy atom. The summed E-state index contributed by atoms with van der Waals surface area (Å²) >= 11 is 20.6. The van der Waals surface area contributed by atoms with Gasteiger partial charge >= 0.3 is 355 Å². The second kappa shape index (κ2) is 111. The average molecular weight is 732 g/mol. The van der Waals surface area contributed by atoms with E-state index in [9.17, 15) is 0 Å². The van der Waals surface area contributed by atoms with Gasteiger partial charge in [-0.3, -0.25) is 0 Å². The molecule has 0 aliphatic heterocycles. The summed E-state index contributed by atoms with van der Waals surface area (Å²) in [5.74, 6) is 0. The van der Waals surface area contributed by atoms with E-state index in [1.165, 1.54) is 0 Å². The molecule has 0 heterocycles. The summed E-state index contributed by atoms with van der Waals surface area (Å²) in [5, 5.41) is 43.2. The molecule has 0 aromatic carbocycles. The first-order chi connectivity index (χ1) is 10.4. The van der Waals surface area contributed by atoms with E-state index < -0.39 is 31.8 Å². The molecule has 36 heavy (non-hydrogen) atoms. The molecule has 0 saturated heterocycles. The molecule has 0 unspecified atom stereocenters. The van der Waals surface area contributed by atoms with E-state index >= 15 is 0 Å². The van der Waals surface area contributed by atoms with Crippen molar-refractivity contribution in [1.29, 1.82) is 0 Å². The number of carbonyl (C=O) groups is 6. The Morgan fingerprint density at radius 1 is 0.250 bits per heavy atom. The number of carboxylic acid groups (broad SMARTS) is 6. The molecule has 12 nitrogen and oxygen atoms in total. The van der Waals surface area contributed by atoms with Gasteiger partial charge in [0.2, 0.25) is 0 Å². The molecule has 0 aromatic heterocycles. The van der Waals surface area contributed by atoms with Crippen molar-refractivity contribution in [3.63, 3.8) is 0 Å². The summed E-state index contributed by atoms with van der Waals surface area (Å²) in [6.45, 7) is 0. The van der Waals surface area contributed by atoms with Gasteiger partial charge in [-0.15, -0.1) is 0 Å². The molecular formula is C6Na12O12S6. The Labute approximate surface area is 507 Å². The van der Waals surface area contributed by atoms with E-state index in [1.54, 1.807) is 0 Å². The van der Waals surface area contributed by atoms with Crippen LogP contribution in [0.1, 0.15) is 0 Å². The van der Waals surface area contributed by atoms with E-state index in [0.717, 1.165) is 0 Å². The first-order valence-corrected chi connectivity index (χ1v) is 6.12. The average Bonchev–Trinajstić information content (AvgIpc) is 2.08. The summed E-state index contributed by atoms with van der Waals surface area (Å²) in [7, 11) is 0. The molecule has 0 aliphatic rings. The van der Waals surface area contributed by atoms with Gasteiger partial charge in [0.25, 0.3) is 0 Å². The minimum absolute atomic E-state index is 0. The van der Waals surface area contributed by atoms with Gasteiger partial charge in [0.15, 0.2) is 0 Å². The second-order valence-corrected chi connectivity index (χ2v) is 3.50. The molecular weight excluding hydrogens is 732 g/mol. The topological polar surface area (TPSA) is 241 Å². The van der Waals surface area contributed by atoms with Gasteiger partial charge in [-0.2, -0.15) is 0 Å². The second-order valence-electron chi connectivity index (χ2n) is 1.50. The number of hydrogen-bond donors (Lipinski definition) is 0. The van der Waals surface area contributed by atoms with Crippen molar-refractivity contribution in [2.24, 2.45) is 0 Å². The van der Waals surface area contributed by atoms with Gasteiger partial charge in [0, 0.05) is 0 Å². The molecule has 144 valence electrons. The van der Waals surface area contributed by atoms with Crippen LogP contribution < -0.4 is 385 Å². The zero-order valence-electron chi connectivity index (χ0n) is 22.3. The molecule has 0 atom stereocenters. The normalized spacial score (nSPS) is 4.00. The summed E-state index contributed by atoms with van der Waals surface area (Å²) < 4.78 is 0. The van der Waals surface area contributed by atoms with Crippen molar-refractivity contribution < 1.29 is 414 Å². The molecule has 0 fully saturated rings. The van der Waals surface area contributed by atoms with E-state index in [2.05, 4.69) is 75.8 Å². The number of carbonyl (C=O) groups excluding carboxylic acids is 6. The molecule has 0 amide bonds. The van der Waals surface area contributed by atoms with Gasteiger partial charge in [0.1, 0.15) is 0 Å². The molecule has 30 heteroatoms. The fraction of sp³-hybridized carbons (Fsp3) is 0. The number of rotatable bonds is 0. The Morgan fingerprint density at radius 3 is 0.250 bits per heavy atom. The summed E-state index contributed by atoms with van der Waals surface area (Å²) in [5.41, 5.74) is 0. The Hall–Kier alpha value is 10.1. The van der Waals surface area contributed by atoms with E-state index in [1.807, 2.05) is 0 Å². The van der Waals surface area contributed by atoms with Gasteiger partial charge < -0.3 is 135 Å². The van der Waals surface area contributed by atoms with Crippen LogP contribution in [0.3, 0.4) is 0 Å². The predicted octanol–water partition coefficient (Wildman–Crippen LogP) is -42.7. The monoisotopic (exact) mass is 732 g/mol. The van der Waals surface area contributed by atoms with Crippen molar-refractivity contribution >= 4 is 108 Å². The summed E-state index contributed by atoms with van der Waals surface area (Å²) in [6, 6.07) is 0. The predicted molar refractivity (Wildman–Crippen MR) is 76.6 cm³/mol. The standard InChI is InChI=1S/6CH2O2S.12Na/c6*2-1(3)4;;;;;;;;;;;;/h6*4H,(H,2,3);;;;;;;;;;;;/q;;;;;;12*+1/p-12. The molecule has 0 radical (unpaired) electrons. The molecule has 0 bridgehead atoms. The maximum Gasteiger partial charge on any atom is 1.00 e. The minimum atomic E-state index is -1.50. The number of hydrogen-bond acceptors (Lipinski definition) is 18. The van der Waals surface area contributed by atoms with Gasteiger partial charge in [-0.05, 0) is 0 Å². The van der Waals surface area contributed by atoms with Gasteiger partial charge in [-0.1, -0.05) is 31.8 Å². The maximum atomic E-state index is 8.70. The first-order valence-electron chi connectivity index (χ1n) is 3.67. The molecule has 0 aliphatic carbocycles. The zero-order chi connectivity index (χ0) is 21.5. The van der Waals surface area contributed by atoms with Crippen molar-refractivity contribution in [2.45, 2.75) is 0 Å². The van der Waals surface area contributed by atoms with Crippen LogP contribution in [-0.2, 0) is 75.8 Å². The van der Waals surface area contributed by atoms with Crippen LogP contribution in [0.25, 0.3) is 0 Å². The quantitative estimate of drug-likeness (QED) is 0.166. The van der Waals surface area contributed by atoms with Crippen LogP contribution in [0.5, 0.6) is 0 Å². The first kappa shape index (κ1) is 119. The fourth-order valence-corrected chi connectivity index (χ4v) is 0. The van der Waals surface area contributed by atoms with Crippen LogP contribution in [0.15, 0.2) is 0 Å². The van der Waals surface area contributed by atoms with Gasteiger partial charge in [-0.25, -0.2) is 0 Å². The largest absolute Gasteiger partial charge is 1.00 e. The smallest absolute Gasteiger partial charge is 0.764 e. The van der Waals surface area contributed by atoms with Crippen LogP contribution in [0.2, 0.25) is 0 Å². The Kier molecular flexibility index (Phi) is 366. The van der Waals surface area contributed by atoms with Crippen molar-refractivity contribution in [3.8, 4) is 0 Å². The molecule has 0 spiro atoms. The van der Waals surface area contributed by atoms with E-state index in [0.29, 0.717) is 0 Å². The van der Waals surface area contributed by atoms with Crippen molar-refractivity contribution in [2.75, 3.05) is 0 Å². The van der Waals surface area contributed by atoms with Crippen LogP contribution in [0.4, 0.5) is 28.8 Å². The SMILES string of the molecule is O=C([O-])[S-].O=C([O-])[S-].O=C([O-])[S-].O=C([O-])[S-].O=C([O-])[S-].O=C([O-])[S-].[Na+].[Na+].[Na+].[Na+].[Na+].[Na+].[Na+].[Na+].[Na+].[Na+].[Na+].[Na+]. The van der Waals surface area contributed by atoms with Gasteiger partial charge in [0.05, 0.1) is 0 Å². The fourth-order valence-electron chi connectivity index (χ4n) is 0. The Bertz CT molecular complexity index is 300. The third kappa shape index (κ3) is 799. The minimum Gasteiger partial charge on any atom is -0.764 e. The maximum absolute atomic E-state index is 8.70. The van der Waals surface area contributed by atoms with E-state index in [4.69, 9.17) is 59.4 Å². The molecule has 0 saturated carbocycles. The molecule has 0 N–H and O–H groups in total. The molecule has 0 rings (SSSR count). The van der Waals surface area contributed by atoms with Crippen molar-refractivity contribution in [1.82, 2.24) is 0 Å². The third-order valence-electron chi connectivity index (χ3n) is 0.